The summed E-state index contributed by atoms with van der Waals surface area (Å²) in [6.45, 7) is 3.35. The van der Waals surface area contributed by atoms with Crippen LogP contribution in [-0.4, -0.2) is 51.1 Å². The molecule has 0 saturated carbocycles. The number of imidazole rings is 1. The van der Waals surface area contributed by atoms with Crippen molar-refractivity contribution in [2.24, 2.45) is 5.73 Å². The maximum absolute atomic E-state index is 12.9. The molecular weight excluding hydrogens is 344 g/mol. The number of carbonyl (C=O) groups is 1. The minimum Gasteiger partial charge on any atom is -0.368 e. The summed E-state index contributed by atoms with van der Waals surface area (Å²) in [5.41, 5.74) is 5.27. The Balaban J connectivity index is 1.81. The zero-order valence-electron chi connectivity index (χ0n) is 14.1. The Bertz CT molecular complexity index is 856. The highest BCUT2D eigenvalue weighted by atomic mass is 32.2. The van der Waals surface area contributed by atoms with Gasteiger partial charge < -0.3 is 10.3 Å². The molecule has 25 heavy (non-hydrogen) atoms. The van der Waals surface area contributed by atoms with Crippen molar-refractivity contribution in [3.63, 3.8) is 0 Å². The van der Waals surface area contributed by atoms with E-state index in [0.717, 1.165) is 12.8 Å². The molecule has 10 heteroatoms. The minimum atomic E-state index is -3.59. The van der Waals surface area contributed by atoms with Gasteiger partial charge >= 0.3 is 0 Å². The van der Waals surface area contributed by atoms with E-state index >= 15 is 0 Å². The summed E-state index contributed by atoms with van der Waals surface area (Å²) >= 11 is 0. The van der Waals surface area contributed by atoms with Crippen LogP contribution >= 0.6 is 0 Å². The molecule has 2 aromatic heterocycles. The SMILES string of the molecule is CCn1cc(S(=O)(=O)N2CCCC(c3nccn3CC(N)=O)C2)cn1. The van der Waals surface area contributed by atoms with Crippen LogP contribution in [0.25, 0.3) is 0 Å². The van der Waals surface area contributed by atoms with Gasteiger partial charge in [-0.2, -0.15) is 9.40 Å². The molecule has 2 N–H and O–H groups in total. The van der Waals surface area contributed by atoms with Gasteiger partial charge in [0.2, 0.25) is 15.9 Å². The van der Waals surface area contributed by atoms with Gasteiger partial charge in [-0.1, -0.05) is 0 Å². The standard InChI is InChI=1S/C15H22N6O3S/c1-2-20-10-13(8-18-20)25(23,24)21-6-3-4-12(9-21)15-17-5-7-19(15)11-14(16)22/h5,7-8,10,12H,2-4,6,9,11H2,1H3,(H2,16,22). The molecule has 136 valence electrons. The first-order valence-corrected chi connectivity index (χ1v) is 9.67. The third-order valence-electron chi connectivity index (χ3n) is 4.39. The van der Waals surface area contributed by atoms with Gasteiger partial charge in [0.25, 0.3) is 0 Å². The summed E-state index contributed by atoms with van der Waals surface area (Å²) in [6.07, 6.45) is 7.78. The van der Waals surface area contributed by atoms with Crippen LogP contribution in [0.5, 0.6) is 0 Å². The molecule has 1 atom stereocenters. The summed E-state index contributed by atoms with van der Waals surface area (Å²) in [7, 11) is -3.59. The van der Waals surface area contributed by atoms with Gasteiger partial charge in [0, 0.05) is 44.1 Å². The van der Waals surface area contributed by atoms with Crippen molar-refractivity contribution in [3.8, 4) is 0 Å². The average Bonchev–Trinajstić information content (AvgIpc) is 3.23. The van der Waals surface area contributed by atoms with Crippen molar-refractivity contribution in [3.05, 3.63) is 30.6 Å². The molecule has 0 bridgehead atoms. The lowest BCUT2D eigenvalue weighted by Gasteiger charge is -2.31. The Hall–Kier alpha value is -2.20. The number of carbonyl (C=O) groups excluding carboxylic acids is 1. The monoisotopic (exact) mass is 366 g/mol. The fourth-order valence-corrected chi connectivity index (χ4v) is 4.63. The highest BCUT2D eigenvalue weighted by Gasteiger charge is 2.33. The first-order valence-electron chi connectivity index (χ1n) is 8.23. The number of aryl methyl sites for hydroxylation is 1. The van der Waals surface area contributed by atoms with E-state index in [-0.39, 0.29) is 17.4 Å². The predicted molar refractivity (Wildman–Crippen MR) is 90.1 cm³/mol. The molecule has 0 spiro atoms. The fourth-order valence-electron chi connectivity index (χ4n) is 3.15. The van der Waals surface area contributed by atoms with Crippen molar-refractivity contribution in [1.29, 1.82) is 0 Å². The smallest absolute Gasteiger partial charge is 0.246 e. The van der Waals surface area contributed by atoms with Crippen LogP contribution in [0.1, 0.15) is 31.5 Å². The van der Waals surface area contributed by atoms with Crippen molar-refractivity contribution in [2.75, 3.05) is 13.1 Å². The molecule has 9 nitrogen and oxygen atoms in total. The molecule has 3 rings (SSSR count). The minimum absolute atomic E-state index is 0.0435. The van der Waals surface area contributed by atoms with Gasteiger partial charge in [-0.25, -0.2) is 13.4 Å². The number of nitrogens with zero attached hydrogens (tertiary/aromatic N) is 5. The molecule has 3 heterocycles. The third kappa shape index (κ3) is 3.59. The molecule has 0 aromatic carbocycles. The Kier molecular flexibility index (Phi) is 4.91. The van der Waals surface area contributed by atoms with Crippen molar-refractivity contribution < 1.29 is 13.2 Å². The first-order chi connectivity index (χ1) is 11.9. The van der Waals surface area contributed by atoms with Crippen LogP contribution < -0.4 is 5.73 Å². The molecular formula is C15H22N6O3S. The number of nitrogens with two attached hydrogens (primary N) is 1. The normalized spacial score (nSPS) is 19.2. The highest BCUT2D eigenvalue weighted by molar-refractivity contribution is 7.89. The van der Waals surface area contributed by atoms with Crippen LogP contribution in [0, 0.1) is 0 Å². The predicted octanol–water partition coefficient (Wildman–Crippen LogP) is 0.153. The quantitative estimate of drug-likeness (QED) is 0.781. The number of primary amides is 1. The van der Waals surface area contributed by atoms with Gasteiger partial charge in [-0.05, 0) is 19.8 Å². The topological polar surface area (TPSA) is 116 Å². The molecule has 1 unspecified atom stereocenters. The Morgan fingerprint density at radius 2 is 2.24 bits per heavy atom. The molecule has 1 saturated heterocycles. The molecule has 2 aromatic rings. The van der Waals surface area contributed by atoms with E-state index in [0.29, 0.717) is 25.5 Å². The summed E-state index contributed by atoms with van der Waals surface area (Å²) in [6, 6.07) is 0. The number of hydrogen-bond donors (Lipinski definition) is 1. The summed E-state index contributed by atoms with van der Waals surface area (Å²) in [4.78, 5) is 15.7. The number of hydrogen-bond acceptors (Lipinski definition) is 5. The number of aromatic nitrogens is 4. The molecule has 1 fully saturated rings. The molecule has 0 aliphatic carbocycles. The Morgan fingerprint density at radius 1 is 1.44 bits per heavy atom. The van der Waals surface area contributed by atoms with E-state index in [1.54, 1.807) is 27.8 Å². The van der Waals surface area contributed by atoms with E-state index in [1.807, 2.05) is 6.92 Å². The second-order valence-electron chi connectivity index (χ2n) is 6.11. The van der Waals surface area contributed by atoms with Crippen molar-refractivity contribution in [2.45, 2.75) is 43.7 Å². The van der Waals surface area contributed by atoms with Crippen LogP contribution in [0.3, 0.4) is 0 Å². The van der Waals surface area contributed by atoms with Crippen LogP contribution in [-0.2, 0) is 27.9 Å². The van der Waals surface area contributed by atoms with Gasteiger partial charge in [0.05, 0.1) is 6.20 Å². The maximum atomic E-state index is 12.9. The summed E-state index contributed by atoms with van der Waals surface area (Å²) < 4.78 is 30.5. The largest absolute Gasteiger partial charge is 0.368 e. The van der Waals surface area contributed by atoms with E-state index in [4.69, 9.17) is 5.73 Å². The van der Waals surface area contributed by atoms with Crippen LogP contribution in [0.4, 0.5) is 0 Å². The lowest BCUT2D eigenvalue weighted by molar-refractivity contribution is -0.118. The van der Waals surface area contributed by atoms with Gasteiger partial charge in [0.15, 0.2) is 0 Å². The Labute approximate surface area is 146 Å². The molecule has 1 amide bonds. The molecule has 0 radical (unpaired) electrons. The van der Waals surface area contributed by atoms with E-state index < -0.39 is 15.9 Å². The van der Waals surface area contributed by atoms with Crippen LogP contribution in [0.2, 0.25) is 0 Å². The lowest BCUT2D eigenvalue weighted by Crippen LogP contribution is -2.39. The second kappa shape index (κ2) is 6.96. The number of piperidine rings is 1. The Morgan fingerprint density at radius 3 is 2.92 bits per heavy atom. The van der Waals surface area contributed by atoms with Gasteiger partial charge in [0.1, 0.15) is 17.3 Å². The highest BCUT2D eigenvalue weighted by Crippen LogP contribution is 2.29. The molecule has 1 aliphatic rings. The average molecular weight is 366 g/mol. The molecule has 1 aliphatic heterocycles. The second-order valence-corrected chi connectivity index (χ2v) is 8.05. The van der Waals surface area contributed by atoms with Crippen molar-refractivity contribution >= 4 is 15.9 Å². The van der Waals surface area contributed by atoms with Gasteiger partial charge in [-0.15, -0.1) is 0 Å². The first kappa shape index (κ1) is 17.6. The van der Waals surface area contributed by atoms with Crippen LogP contribution in [0.15, 0.2) is 29.7 Å². The van der Waals surface area contributed by atoms with E-state index in [9.17, 15) is 13.2 Å². The third-order valence-corrected chi connectivity index (χ3v) is 6.21. The number of rotatable bonds is 6. The number of amides is 1. The zero-order valence-corrected chi connectivity index (χ0v) is 14.9. The van der Waals surface area contributed by atoms with E-state index in [2.05, 4.69) is 10.1 Å². The van der Waals surface area contributed by atoms with Gasteiger partial charge in [-0.3, -0.25) is 9.48 Å². The zero-order chi connectivity index (χ0) is 18.0. The maximum Gasteiger partial charge on any atom is 0.246 e. The fraction of sp³-hybridized carbons (Fsp3) is 0.533. The summed E-state index contributed by atoms with van der Waals surface area (Å²) in [5.74, 6) is 0.175. The van der Waals surface area contributed by atoms with E-state index in [1.165, 1.54) is 10.5 Å². The lowest BCUT2D eigenvalue weighted by atomic mass is 9.99. The number of sulfonamides is 1. The van der Waals surface area contributed by atoms with Crippen molar-refractivity contribution in [1.82, 2.24) is 23.6 Å². The summed E-state index contributed by atoms with van der Waals surface area (Å²) in [5, 5.41) is 4.05.